The molecule has 3 N–H and O–H groups in total. The van der Waals surface area contributed by atoms with Crippen LogP contribution in [0.15, 0.2) is 24.3 Å². The lowest BCUT2D eigenvalue weighted by Crippen LogP contribution is -2.55. The van der Waals surface area contributed by atoms with E-state index in [1.165, 1.54) is 32.2 Å². The van der Waals surface area contributed by atoms with Crippen molar-refractivity contribution in [1.82, 2.24) is 5.32 Å². The lowest BCUT2D eigenvalue weighted by atomic mass is 10.0. The molecule has 1 aromatic carbocycles. The van der Waals surface area contributed by atoms with E-state index >= 15 is 0 Å². The molecule has 19 heavy (non-hydrogen) atoms. The van der Waals surface area contributed by atoms with Crippen molar-refractivity contribution in [2.24, 2.45) is 5.73 Å². The van der Waals surface area contributed by atoms with Gasteiger partial charge in [0.2, 0.25) is 5.91 Å². The number of alkyl halides is 3. The highest BCUT2D eigenvalue weighted by Crippen LogP contribution is 2.36. The first-order chi connectivity index (χ1) is 8.70. The smallest absolute Gasteiger partial charge is 0.419 e. The normalized spacial score (nSPS) is 14.8. The molecule has 0 heterocycles. The number of ether oxygens (including phenoxy) is 1. The maximum absolute atomic E-state index is 12.7. The number of hydrogen-bond donors (Lipinski definition) is 2. The fraction of sp³-hybridized carbons (Fsp3) is 0.417. The van der Waals surface area contributed by atoms with Crippen LogP contribution in [0.1, 0.15) is 12.5 Å². The molecule has 1 unspecified atom stereocenters. The number of carbonyl (C=O) groups is 1. The van der Waals surface area contributed by atoms with E-state index in [4.69, 9.17) is 10.5 Å². The maximum atomic E-state index is 12.7. The Labute approximate surface area is 108 Å². The molecule has 0 radical (unpaired) electrons. The van der Waals surface area contributed by atoms with Crippen molar-refractivity contribution in [1.29, 1.82) is 0 Å². The second kappa shape index (κ2) is 5.48. The van der Waals surface area contributed by atoms with Gasteiger partial charge in [0, 0.05) is 0 Å². The molecular formula is C12H15F3N2O2. The van der Waals surface area contributed by atoms with Crippen LogP contribution < -0.4 is 15.8 Å². The monoisotopic (exact) mass is 276 g/mol. The summed E-state index contributed by atoms with van der Waals surface area (Å²) in [6.45, 7) is 1.15. The Morgan fingerprint density at radius 2 is 1.95 bits per heavy atom. The van der Waals surface area contributed by atoms with E-state index in [1.807, 2.05) is 0 Å². The highest BCUT2D eigenvalue weighted by molar-refractivity contribution is 5.84. The van der Waals surface area contributed by atoms with Crippen LogP contribution in [0, 0.1) is 0 Å². The summed E-state index contributed by atoms with van der Waals surface area (Å²) in [5.41, 5.74) is 3.04. The zero-order valence-corrected chi connectivity index (χ0v) is 10.5. The van der Waals surface area contributed by atoms with Gasteiger partial charge in [-0.1, -0.05) is 12.1 Å². The van der Waals surface area contributed by atoms with E-state index in [0.717, 1.165) is 6.07 Å². The summed E-state index contributed by atoms with van der Waals surface area (Å²) in [6.07, 6.45) is -4.51. The molecule has 1 aromatic rings. The van der Waals surface area contributed by atoms with Gasteiger partial charge in [-0.05, 0) is 26.1 Å². The number of hydrogen-bond acceptors (Lipinski definition) is 3. The summed E-state index contributed by atoms with van der Waals surface area (Å²) in [6, 6.07) is 4.79. The van der Waals surface area contributed by atoms with Crippen LogP contribution in [0.4, 0.5) is 13.2 Å². The van der Waals surface area contributed by atoms with Crippen molar-refractivity contribution in [2.75, 3.05) is 13.7 Å². The third kappa shape index (κ3) is 3.60. The fourth-order valence-corrected chi connectivity index (χ4v) is 1.32. The molecule has 1 amide bonds. The molecule has 0 fully saturated rings. The van der Waals surface area contributed by atoms with Crippen LogP contribution in [0.3, 0.4) is 0 Å². The van der Waals surface area contributed by atoms with Crippen molar-refractivity contribution in [3.63, 3.8) is 0 Å². The first-order valence-electron chi connectivity index (χ1n) is 5.48. The van der Waals surface area contributed by atoms with Crippen molar-refractivity contribution in [2.45, 2.75) is 18.6 Å². The number of para-hydroxylation sites is 1. The third-order valence-electron chi connectivity index (χ3n) is 2.80. The SMILES string of the molecule is CNC(C)(COc1ccccc1C(F)(F)F)C(N)=O. The molecule has 1 rings (SSSR count). The van der Waals surface area contributed by atoms with Gasteiger partial charge in [0.05, 0.1) is 5.56 Å². The Morgan fingerprint density at radius 3 is 2.42 bits per heavy atom. The Kier molecular flexibility index (Phi) is 4.41. The topological polar surface area (TPSA) is 64.3 Å². The molecule has 4 nitrogen and oxygen atoms in total. The summed E-state index contributed by atoms with van der Waals surface area (Å²) >= 11 is 0. The van der Waals surface area contributed by atoms with E-state index in [1.54, 1.807) is 0 Å². The molecule has 0 saturated carbocycles. The van der Waals surface area contributed by atoms with Gasteiger partial charge in [-0.25, -0.2) is 0 Å². The lowest BCUT2D eigenvalue weighted by molar-refractivity contribution is -0.139. The van der Waals surface area contributed by atoms with Crippen molar-refractivity contribution >= 4 is 5.91 Å². The van der Waals surface area contributed by atoms with Gasteiger partial charge in [-0.3, -0.25) is 4.79 Å². The predicted molar refractivity (Wildman–Crippen MR) is 63.6 cm³/mol. The second-order valence-corrected chi connectivity index (χ2v) is 4.23. The van der Waals surface area contributed by atoms with Gasteiger partial charge < -0.3 is 15.8 Å². The molecule has 0 bridgehead atoms. The van der Waals surface area contributed by atoms with Crippen molar-refractivity contribution in [3.8, 4) is 5.75 Å². The first kappa shape index (κ1) is 15.3. The standard InChI is InChI=1S/C12H15F3N2O2/c1-11(17-2,10(16)18)7-19-9-6-4-3-5-8(9)12(13,14)15/h3-6,17H,7H2,1-2H3,(H2,16,18). The second-order valence-electron chi connectivity index (χ2n) is 4.23. The lowest BCUT2D eigenvalue weighted by Gasteiger charge is -2.26. The fourth-order valence-electron chi connectivity index (χ4n) is 1.32. The van der Waals surface area contributed by atoms with E-state index in [-0.39, 0.29) is 12.4 Å². The minimum atomic E-state index is -4.51. The van der Waals surface area contributed by atoms with Crippen molar-refractivity contribution < 1.29 is 22.7 Å². The summed E-state index contributed by atoms with van der Waals surface area (Å²) in [5.74, 6) is -1.04. The number of primary amides is 1. The van der Waals surface area contributed by atoms with Crippen LogP contribution in [0.5, 0.6) is 5.75 Å². The molecule has 7 heteroatoms. The predicted octanol–water partition coefficient (Wildman–Crippen LogP) is 1.55. The number of nitrogens with two attached hydrogens (primary N) is 1. The zero-order chi connectivity index (χ0) is 14.7. The quantitative estimate of drug-likeness (QED) is 0.857. The van der Waals surface area contributed by atoms with Gasteiger partial charge in [0.15, 0.2) is 0 Å². The number of amides is 1. The van der Waals surface area contributed by atoms with E-state index in [2.05, 4.69) is 5.32 Å². The van der Waals surface area contributed by atoms with Crippen LogP contribution in [0.25, 0.3) is 0 Å². The Bertz CT molecular complexity index is 463. The summed E-state index contributed by atoms with van der Waals surface area (Å²) in [4.78, 5) is 11.2. The number of benzene rings is 1. The van der Waals surface area contributed by atoms with Gasteiger partial charge in [-0.15, -0.1) is 0 Å². The summed E-state index contributed by atoms with van der Waals surface area (Å²) in [5, 5.41) is 2.63. The Hall–Kier alpha value is -1.76. The summed E-state index contributed by atoms with van der Waals surface area (Å²) < 4.78 is 43.3. The molecule has 0 saturated heterocycles. The molecular weight excluding hydrogens is 261 g/mol. The molecule has 0 aliphatic rings. The molecule has 0 aromatic heterocycles. The largest absolute Gasteiger partial charge is 0.490 e. The van der Waals surface area contributed by atoms with Crippen LogP contribution in [-0.2, 0) is 11.0 Å². The highest BCUT2D eigenvalue weighted by Gasteiger charge is 2.35. The average molecular weight is 276 g/mol. The Morgan fingerprint density at radius 1 is 1.37 bits per heavy atom. The highest BCUT2D eigenvalue weighted by atomic mass is 19.4. The molecule has 0 spiro atoms. The maximum Gasteiger partial charge on any atom is 0.419 e. The molecule has 106 valence electrons. The first-order valence-corrected chi connectivity index (χ1v) is 5.48. The molecule has 0 aliphatic heterocycles. The van der Waals surface area contributed by atoms with E-state index in [0.29, 0.717) is 0 Å². The van der Waals surface area contributed by atoms with Crippen LogP contribution in [0.2, 0.25) is 0 Å². The minimum Gasteiger partial charge on any atom is -0.490 e. The third-order valence-corrected chi connectivity index (χ3v) is 2.80. The van der Waals surface area contributed by atoms with Crippen LogP contribution in [-0.4, -0.2) is 25.1 Å². The van der Waals surface area contributed by atoms with Crippen molar-refractivity contribution in [3.05, 3.63) is 29.8 Å². The van der Waals surface area contributed by atoms with Gasteiger partial charge in [0.25, 0.3) is 0 Å². The molecule has 0 aliphatic carbocycles. The number of nitrogens with one attached hydrogen (secondary N) is 1. The molecule has 1 atom stereocenters. The minimum absolute atomic E-state index is 0.300. The van der Waals surface area contributed by atoms with Gasteiger partial charge in [0.1, 0.15) is 17.9 Å². The van der Waals surface area contributed by atoms with E-state index in [9.17, 15) is 18.0 Å². The number of likely N-dealkylation sites (N-methyl/N-ethyl adjacent to an activating group) is 1. The zero-order valence-electron chi connectivity index (χ0n) is 10.5. The Balaban J connectivity index is 2.93. The number of rotatable bonds is 5. The number of halogens is 3. The van der Waals surface area contributed by atoms with Gasteiger partial charge >= 0.3 is 6.18 Å². The van der Waals surface area contributed by atoms with Crippen LogP contribution >= 0.6 is 0 Å². The summed E-state index contributed by atoms with van der Waals surface area (Å²) in [7, 11) is 1.48. The average Bonchev–Trinajstić information content (AvgIpc) is 2.35. The van der Waals surface area contributed by atoms with Gasteiger partial charge in [-0.2, -0.15) is 13.2 Å². The van der Waals surface area contributed by atoms with E-state index < -0.39 is 23.2 Å². The number of carbonyl (C=O) groups excluding carboxylic acids is 1.